The lowest BCUT2D eigenvalue weighted by Crippen LogP contribution is -2.11. The third kappa shape index (κ3) is 4.78. The van der Waals surface area contributed by atoms with Gasteiger partial charge in [0.2, 0.25) is 0 Å². The minimum atomic E-state index is -4.85. The Bertz CT molecular complexity index is 582. The van der Waals surface area contributed by atoms with E-state index in [9.17, 15) is 26.7 Å². The van der Waals surface area contributed by atoms with Crippen molar-refractivity contribution in [3.05, 3.63) is 23.3 Å². The molecule has 0 heterocycles. The van der Waals surface area contributed by atoms with E-state index in [1.165, 1.54) is 6.07 Å². The van der Waals surface area contributed by atoms with Crippen LogP contribution in [0.5, 0.6) is 5.75 Å². The topological polar surface area (TPSA) is 59.3 Å². The fourth-order valence-electron chi connectivity index (χ4n) is 1.33. The molecule has 0 saturated carbocycles. The van der Waals surface area contributed by atoms with Crippen molar-refractivity contribution >= 4 is 17.7 Å². The average molecular weight is 327 g/mol. The number of esters is 1. The molecule has 1 rings (SSSR count). The van der Waals surface area contributed by atoms with Gasteiger partial charge in [0.05, 0.1) is 29.2 Å². The zero-order chi connectivity index (χ0) is 16.2. The predicted molar refractivity (Wildman–Crippen MR) is 61.0 cm³/mol. The van der Waals surface area contributed by atoms with E-state index in [1.54, 1.807) is 0 Å². The van der Waals surface area contributed by atoms with Crippen LogP contribution in [0.15, 0.2) is 17.0 Å². The quantitative estimate of drug-likeness (QED) is 0.481. The lowest BCUT2D eigenvalue weighted by Gasteiger charge is -2.15. The number of carbonyl (C=O) groups excluding carboxylic acids is 1. The van der Waals surface area contributed by atoms with Crippen LogP contribution in [0.25, 0.3) is 0 Å². The highest BCUT2D eigenvalue weighted by Crippen LogP contribution is 2.44. The molecule has 0 aromatic heterocycles. The van der Waals surface area contributed by atoms with E-state index in [1.807, 2.05) is 0 Å². The number of halogens is 5. The number of ether oxygens (including phenoxy) is 2. The van der Waals surface area contributed by atoms with Crippen molar-refractivity contribution in [1.82, 2.24) is 0 Å². The van der Waals surface area contributed by atoms with E-state index >= 15 is 0 Å². The molecular weight excluding hydrogens is 321 g/mol. The van der Waals surface area contributed by atoms with Gasteiger partial charge in [0, 0.05) is 0 Å². The molecule has 114 valence electrons. The standard InChI is InChI=1S/C11H6F5NO3S/c1-19-9(18)6-2-5(4-17)3-7(20-10(12)13)8(6)21-11(14,15)16/h2-3,10H,1H3. The second-order valence-electron chi connectivity index (χ2n) is 3.38. The first-order valence-corrected chi connectivity index (χ1v) is 5.86. The number of rotatable bonds is 4. The van der Waals surface area contributed by atoms with Crippen LogP contribution in [0.1, 0.15) is 15.9 Å². The van der Waals surface area contributed by atoms with Crippen LogP contribution in [-0.4, -0.2) is 25.2 Å². The molecule has 0 saturated heterocycles. The van der Waals surface area contributed by atoms with Crippen LogP contribution >= 0.6 is 11.8 Å². The Morgan fingerprint density at radius 2 is 2.00 bits per heavy atom. The highest BCUT2D eigenvalue weighted by atomic mass is 32.2. The second-order valence-corrected chi connectivity index (χ2v) is 4.46. The number of nitrogens with zero attached hydrogens (tertiary/aromatic N) is 1. The van der Waals surface area contributed by atoms with Gasteiger partial charge in [-0.1, -0.05) is 0 Å². The number of hydrogen-bond donors (Lipinski definition) is 0. The van der Waals surface area contributed by atoms with Gasteiger partial charge in [-0.15, -0.1) is 0 Å². The zero-order valence-electron chi connectivity index (χ0n) is 10.2. The Kier molecular flexibility index (Phi) is 5.37. The van der Waals surface area contributed by atoms with Gasteiger partial charge in [-0.05, 0) is 23.9 Å². The number of thioether (sulfide) groups is 1. The van der Waals surface area contributed by atoms with Crippen molar-refractivity contribution in [3.8, 4) is 11.8 Å². The summed E-state index contributed by atoms with van der Waals surface area (Å²) in [6, 6.07) is 3.02. The van der Waals surface area contributed by atoms with Gasteiger partial charge in [-0.3, -0.25) is 0 Å². The Morgan fingerprint density at radius 1 is 1.38 bits per heavy atom. The van der Waals surface area contributed by atoms with Crippen molar-refractivity contribution in [2.75, 3.05) is 7.11 Å². The first kappa shape index (κ1) is 17.0. The summed E-state index contributed by atoms with van der Waals surface area (Å²) in [4.78, 5) is 10.6. The Hall–Kier alpha value is -2.02. The van der Waals surface area contributed by atoms with Gasteiger partial charge in [0.1, 0.15) is 5.75 Å². The number of benzene rings is 1. The molecule has 0 amide bonds. The second kappa shape index (κ2) is 6.62. The number of carbonyl (C=O) groups is 1. The Labute approximate surface area is 119 Å². The normalized spacial score (nSPS) is 11.1. The fourth-order valence-corrected chi connectivity index (χ4v) is 2.02. The predicted octanol–water partition coefficient (Wildman–Crippen LogP) is 3.56. The summed E-state index contributed by atoms with van der Waals surface area (Å²) in [5.74, 6) is -2.13. The molecule has 0 atom stereocenters. The first-order valence-electron chi connectivity index (χ1n) is 5.05. The Morgan fingerprint density at radius 3 is 2.43 bits per heavy atom. The van der Waals surface area contributed by atoms with E-state index in [0.29, 0.717) is 6.07 Å². The van der Waals surface area contributed by atoms with Gasteiger partial charge in [-0.2, -0.15) is 27.2 Å². The molecule has 0 spiro atoms. The lowest BCUT2D eigenvalue weighted by molar-refractivity contribution is -0.0529. The van der Waals surface area contributed by atoms with E-state index in [2.05, 4.69) is 9.47 Å². The third-order valence-electron chi connectivity index (χ3n) is 2.02. The summed E-state index contributed by atoms with van der Waals surface area (Å²) in [7, 11) is 0.900. The van der Waals surface area contributed by atoms with Gasteiger partial charge in [0.15, 0.2) is 0 Å². The largest absolute Gasteiger partial charge is 0.465 e. The van der Waals surface area contributed by atoms with Gasteiger partial charge >= 0.3 is 18.1 Å². The summed E-state index contributed by atoms with van der Waals surface area (Å²) in [5.41, 5.74) is -5.86. The highest BCUT2D eigenvalue weighted by molar-refractivity contribution is 8.00. The summed E-state index contributed by atoms with van der Waals surface area (Å²) in [6.07, 6.45) is 0. The average Bonchev–Trinajstić information content (AvgIpc) is 2.37. The maximum absolute atomic E-state index is 12.5. The molecular formula is C11H6F5NO3S. The zero-order valence-corrected chi connectivity index (χ0v) is 11.0. The van der Waals surface area contributed by atoms with E-state index in [-0.39, 0.29) is 5.56 Å². The molecule has 0 aliphatic heterocycles. The van der Waals surface area contributed by atoms with E-state index < -0.39 is 46.1 Å². The minimum Gasteiger partial charge on any atom is -0.465 e. The summed E-state index contributed by atoms with van der Waals surface area (Å²) < 4.78 is 70.3. The molecule has 4 nitrogen and oxygen atoms in total. The summed E-state index contributed by atoms with van der Waals surface area (Å²) in [5, 5.41) is 8.72. The van der Waals surface area contributed by atoms with Crippen molar-refractivity contribution in [3.63, 3.8) is 0 Å². The van der Waals surface area contributed by atoms with Crippen molar-refractivity contribution in [2.45, 2.75) is 17.0 Å². The summed E-state index contributed by atoms with van der Waals surface area (Å²) >= 11 is -0.810. The first-order chi connectivity index (χ1) is 9.67. The monoisotopic (exact) mass is 327 g/mol. The van der Waals surface area contributed by atoms with Crippen LogP contribution < -0.4 is 4.74 Å². The van der Waals surface area contributed by atoms with Gasteiger partial charge in [-0.25, -0.2) is 4.79 Å². The number of alkyl halides is 5. The fraction of sp³-hybridized carbons (Fsp3) is 0.273. The molecule has 0 N–H and O–H groups in total. The van der Waals surface area contributed by atoms with E-state index in [0.717, 1.165) is 13.2 Å². The Balaban J connectivity index is 3.51. The molecule has 0 bridgehead atoms. The highest BCUT2D eigenvalue weighted by Gasteiger charge is 2.34. The lowest BCUT2D eigenvalue weighted by atomic mass is 10.1. The SMILES string of the molecule is COC(=O)c1cc(C#N)cc(OC(F)F)c1SC(F)(F)F. The van der Waals surface area contributed by atoms with Crippen molar-refractivity contribution in [2.24, 2.45) is 0 Å². The van der Waals surface area contributed by atoms with Crippen LogP contribution in [0.3, 0.4) is 0 Å². The van der Waals surface area contributed by atoms with Crippen molar-refractivity contribution < 1.29 is 36.2 Å². The molecule has 0 aliphatic carbocycles. The number of methoxy groups -OCH3 is 1. The molecule has 0 aliphatic rings. The smallest absolute Gasteiger partial charge is 0.446 e. The van der Waals surface area contributed by atoms with Crippen LogP contribution in [-0.2, 0) is 4.74 Å². The van der Waals surface area contributed by atoms with Gasteiger partial charge in [0.25, 0.3) is 0 Å². The molecule has 1 aromatic carbocycles. The van der Waals surface area contributed by atoms with Crippen LogP contribution in [0.4, 0.5) is 22.0 Å². The molecule has 0 radical (unpaired) electrons. The van der Waals surface area contributed by atoms with Gasteiger partial charge < -0.3 is 9.47 Å². The van der Waals surface area contributed by atoms with E-state index in [4.69, 9.17) is 5.26 Å². The molecule has 10 heteroatoms. The third-order valence-corrected chi connectivity index (χ3v) is 2.88. The molecule has 0 fully saturated rings. The van der Waals surface area contributed by atoms with Crippen molar-refractivity contribution in [1.29, 1.82) is 5.26 Å². The minimum absolute atomic E-state index is 0.322. The van der Waals surface area contributed by atoms with Crippen LogP contribution in [0.2, 0.25) is 0 Å². The molecule has 21 heavy (non-hydrogen) atoms. The number of nitriles is 1. The number of hydrogen-bond acceptors (Lipinski definition) is 5. The maximum atomic E-state index is 12.5. The summed E-state index contributed by atoms with van der Waals surface area (Å²) in [6.45, 7) is -3.42. The molecule has 1 aromatic rings. The maximum Gasteiger partial charge on any atom is 0.446 e. The van der Waals surface area contributed by atoms with Crippen LogP contribution in [0, 0.1) is 11.3 Å². The molecule has 0 unspecified atom stereocenters.